The molecule has 2 aliphatic heterocycles. The zero-order valence-corrected chi connectivity index (χ0v) is 17.4. The molecule has 0 spiro atoms. The molecular weight excluding hydrogens is 360 g/mol. The van der Waals surface area contributed by atoms with Crippen LogP contribution in [0, 0.1) is 0 Å². The highest BCUT2D eigenvalue weighted by molar-refractivity contribution is 7.11. The number of hydrogen-bond donors (Lipinski definition) is 1. The van der Waals surface area contributed by atoms with Crippen LogP contribution in [-0.2, 0) is 17.8 Å². The lowest BCUT2D eigenvalue weighted by Gasteiger charge is -2.37. The van der Waals surface area contributed by atoms with E-state index in [2.05, 4.69) is 32.0 Å². The van der Waals surface area contributed by atoms with Gasteiger partial charge in [-0.15, -0.1) is 11.3 Å². The number of nitrogens with one attached hydrogen (secondary N) is 1. The number of thiazole rings is 1. The van der Waals surface area contributed by atoms with Crippen LogP contribution in [0.3, 0.4) is 0 Å². The highest BCUT2D eigenvalue weighted by atomic mass is 32.1. The van der Waals surface area contributed by atoms with E-state index in [1.54, 1.807) is 11.3 Å². The van der Waals surface area contributed by atoms with Crippen LogP contribution >= 0.6 is 11.3 Å². The summed E-state index contributed by atoms with van der Waals surface area (Å²) in [7, 11) is 1.83. The van der Waals surface area contributed by atoms with Gasteiger partial charge >= 0.3 is 0 Å². The molecule has 1 N–H and O–H groups in total. The Kier molecular flexibility index (Phi) is 7.46. The molecule has 7 nitrogen and oxygen atoms in total. The van der Waals surface area contributed by atoms with E-state index < -0.39 is 0 Å². The minimum atomic E-state index is 0.293. The number of rotatable bonds is 5. The number of carbonyl (C=O) groups excluding carboxylic acids is 1. The highest BCUT2D eigenvalue weighted by Gasteiger charge is 2.24. The first kappa shape index (κ1) is 20.1. The Balaban J connectivity index is 1.42. The predicted octanol–water partition coefficient (Wildman–Crippen LogP) is 1.41. The fraction of sp³-hybridized carbons (Fsp3) is 0.737. The standard InChI is InChI=1S/C19H32N6OS/c1-3-16-13-21-17(27-16)14-22-19(20-2)25-11-9-23(10-12-25)15-18(26)24-7-5-4-6-8-24/h13H,3-12,14-15H2,1-2H3,(H,20,22). The average molecular weight is 393 g/mol. The van der Waals surface area contributed by atoms with Gasteiger partial charge < -0.3 is 15.1 Å². The number of amides is 1. The zero-order chi connectivity index (χ0) is 19.1. The molecule has 2 saturated heterocycles. The summed E-state index contributed by atoms with van der Waals surface area (Å²) in [6, 6.07) is 0. The van der Waals surface area contributed by atoms with Crippen LogP contribution in [0.2, 0.25) is 0 Å². The molecule has 0 radical (unpaired) electrons. The van der Waals surface area contributed by atoms with Crippen LogP contribution < -0.4 is 5.32 Å². The first-order chi connectivity index (χ1) is 13.2. The molecule has 2 fully saturated rings. The van der Waals surface area contributed by atoms with Crippen LogP contribution in [0.1, 0.15) is 36.1 Å². The van der Waals surface area contributed by atoms with Crippen molar-refractivity contribution in [2.45, 2.75) is 39.2 Å². The number of nitrogens with zero attached hydrogens (tertiary/aromatic N) is 5. The number of likely N-dealkylation sites (tertiary alicyclic amines) is 1. The largest absolute Gasteiger partial charge is 0.350 e. The van der Waals surface area contributed by atoms with Gasteiger partial charge in [0.2, 0.25) is 5.91 Å². The number of piperazine rings is 1. The van der Waals surface area contributed by atoms with E-state index in [4.69, 9.17) is 0 Å². The van der Waals surface area contributed by atoms with Crippen molar-refractivity contribution in [3.8, 4) is 0 Å². The molecule has 0 atom stereocenters. The summed E-state index contributed by atoms with van der Waals surface area (Å²) < 4.78 is 0. The van der Waals surface area contributed by atoms with Crippen LogP contribution in [0.5, 0.6) is 0 Å². The van der Waals surface area contributed by atoms with Crippen molar-refractivity contribution in [3.05, 3.63) is 16.1 Å². The number of aromatic nitrogens is 1. The fourth-order valence-electron chi connectivity index (χ4n) is 3.63. The number of hydrogen-bond acceptors (Lipinski definition) is 5. The van der Waals surface area contributed by atoms with Crippen molar-refractivity contribution in [2.75, 3.05) is 52.9 Å². The number of aliphatic imine (C=N–C) groups is 1. The van der Waals surface area contributed by atoms with Crippen LogP contribution in [0.15, 0.2) is 11.2 Å². The van der Waals surface area contributed by atoms with Gasteiger partial charge in [0, 0.05) is 57.4 Å². The minimum Gasteiger partial charge on any atom is -0.350 e. The summed E-state index contributed by atoms with van der Waals surface area (Å²) in [5.74, 6) is 1.21. The Hall–Kier alpha value is -1.67. The van der Waals surface area contributed by atoms with Crippen molar-refractivity contribution >= 4 is 23.2 Å². The second kappa shape index (κ2) is 10.0. The summed E-state index contributed by atoms with van der Waals surface area (Å²) in [6.45, 7) is 8.88. The Morgan fingerprint density at radius 2 is 1.89 bits per heavy atom. The minimum absolute atomic E-state index is 0.293. The number of guanidine groups is 1. The van der Waals surface area contributed by atoms with Crippen molar-refractivity contribution in [1.29, 1.82) is 0 Å². The third-order valence-corrected chi connectivity index (χ3v) is 6.44. The van der Waals surface area contributed by atoms with Gasteiger partial charge in [-0.2, -0.15) is 0 Å². The van der Waals surface area contributed by atoms with Gasteiger partial charge in [-0.25, -0.2) is 4.98 Å². The van der Waals surface area contributed by atoms with Crippen molar-refractivity contribution in [2.24, 2.45) is 4.99 Å². The van der Waals surface area contributed by atoms with E-state index in [1.807, 2.05) is 18.1 Å². The molecular formula is C19H32N6OS. The SMILES string of the molecule is CCc1cnc(CNC(=NC)N2CCN(CC(=O)N3CCCCC3)CC2)s1. The smallest absolute Gasteiger partial charge is 0.236 e. The molecule has 0 saturated carbocycles. The van der Waals surface area contributed by atoms with E-state index in [9.17, 15) is 4.79 Å². The van der Waals surface area contributed by atoms with Gasteiger partial charge in [-0.3, -0.25) is 14.7 Å². The maximum atomic E-state index is 12.5. The number of carbonyl (C=O) groups is 1. The number of piperidine rings is 1. The van der Waals surface area contributed by atoms with E-state index in [1.165, 1.54) is 11.3 Å². The molecule has 0 aromatic carbocycles. The Morgan fingerprint density at radius 3 is 2.52 bits per heavy atom. The highest BCUT2D eigenvalue weighted by Crippen LogP contribution is 2.13. The zero-order valence-electron chi connectivity index (χ0n) is 16.6. The second-order valence-corrected chi connectivity index (χ2v) is 8.38. The Bertz CT molecular complexity index is 632. The molecule has 27 heavy (non-hydrogen) atoms. The monoisotopic (exact) mass is 392 g/mol. The van der Waals surface area contributed by atoms with Gasteiger partial charge in [-0.05, 0) is 25.7 Å². The fourth-order valence-corrected chi connectivity index (χ4v) is 4.43. The third-order valence-electron chi connectivity index (χ3n) is 5.30. The normalized spacial score (nSPS) is 19.4. The van der Waals surface area contributed by atoms with Gasteiger partial charge in [0.05, 0.1) is 13.1 Å². The topological polar surface area (TPSA) is 64.1 Å². The summed E-state index contributed by atoms with van der Waals surface area (Å²) in [5.41, 5.74) is 0. The van der Waals surface area contributed by atoms with Crippen LogP contribution in [0.25, 0.3) is 0 Å². The lowest BCUT2D eigenvalue weighted by molar-refractivity contribution is -0.133. The molecule has 1 amide bonds. The van der Waals surface area contributed by atoms with Gasteiger partial charge in [0.25, 0.3) is 0 Å². The molecule has 3 rings (SSSR count). The first-order valence-electron chi connectivity index (χ1n) is 10.1. The van der Waals surface area contributed by atoms with Crippen molar-refractivity contribution in [1.82, 2.24) is 25.0 Å². The second-order valence-electron chi connectivity index (χ2n) is 7.18. The van der Waals surface area contributed by atoms with Gasteiger partial charge in [0.15, 0.2) is 5.96 Å². The Morgan fingerprint density at radius 1 is 1.15 bits per heavy atom. The summed E-state index contributed by atoms with van der Waals surface area (Å²) >= 11 is 1.76. The first-order valence-corrected chi connectivity index (χ1v) is 10.9. The molecule has 3 heterocycles. The maximum Gasteiger partial charge on any atom is 0.236 e. The molecule has 150 valence electrons. The lowest BCUT2D eigenvalue weighted by Crippen LogP contribution is -2.54. The van der Waals surface area contributed by atoms with Crippen LogP contribution in [-0.4, -0.2) is 84.4 Å². The van der Waals surface area contributed by atoms with Crippen molar-refractivity contribution < 1.29 is 4.79 Å². The molecule has 8 heteroatoms. The van der Waals surface area contributed by atoms with Crippen LogP contribution in [0.4, 0.5) is 0 Å². The molecule has 0 unspecified atom stereocenters. The molecule has 2 aliphatic rings. The predicted molar refractivity (Wildman–Crippen MR) is 110 cm³/mol. The summed E-state index contributed by atoms with van der Waals surface area (Å²) in [5, 5.41) is 4.53. The maximum absolute atomic E-state index is 12.5. The quantitative estimate of drug-likeness (QED) is 0.606. The van der Waals surface area contributed by atoms with E-state index in [0.717, 1.165) is 69.5 Å². The molecule has 0 bridgehead atoms. The van der Waals surface area contributed by atoms with Crippen molar-refractivity contribution in [3.63, 3.8) is 0 Å². The van der Waals surface area contributed by atoms with E-state index in [0.29, 0.717) is 19.0 Å². The summed E-state index contributed by atoms with van der Waals surface area (Å²) in [6.07, 6.45) is 6.56. The molecule has 1 aromatic heterocycles. The molecule has 0 aliphatic carbocycles. The van der Waals surface area contributed by atoms with E-state index in [-0.39, 0.29) is 0 Å². The Labute approximate surface area is 166 Å². The lowest BCUT2D eigenvalue weighted by atomic mass is 10.1. The number of aryl methyl sites for hydroxylation is 1. The molecule has 1 aromatic rings. The van der Waals surface area contributed by atoms with Gasteiger partial charge in [-0.1, -0.05) is 6.92 Å². The van der Waals surface area contributed by atoms with E-state index >= 15 is 0 Å². The average Bonchev–Trinajstić information content (AvgIpc) is 3.18. The summed E-state index contributed by atoms with van der Waals surface area (Å²) in [4.78, 5) is 29.2. The van der Waals surface area contributed by atoms with Gasteiger partial charge in [0.1, 0.15) is 5.01 Å². The third kappa shape index (κ3) is 5.65.